The van der Waals surface area contributed by atoms with Gasteiger partial charge in [-0.15, -0.1) is 0 Å². The molecule has 0 aliphatic heterocycles. The summed E-state index contributed by atoms with van der Waals surface area (Å²) in [7, 11) is 0. The number of aliphatic carboxylic acids is 2. The van der Waals surface area contributed by atoms with Gasteiger partial charge in [0, 0.05) is 0 Å². The van der Waals surface area contributed by atoms with E-state index in [0.717, 1.165) is 12.8 Å². The molecule has 0 saturated carbocycles. The zero-order valence-corrected chi connectivity index (χ0v) is 19.0. The molecule has 0 aliphatic carbocycles. The summed E-state index contributed by atoms with van der Waals surface area (Å²) < 4.78 is 5.95. The maximum atomic E-state index is 12.1. The molecular weight excluding hydrogens is 368 g/mol. The topological polar surface area (TPSA) is 83.8 Å². The van der Waals surface area contributed by atoms with Crippen molar-refractivity contribution >= 4 is 11.9 Å². The summed E-state index contributed by atoms with van der Waals surface area (Å²) >= 11 is 0. The average molecular weight is 407 g/mol. The highest BCUT2D eigenvalue weighted by molar-refractivity contribution is 5.81. The molecule has 1 aromatic rings. The van der Waals surface area contributed by atoms with Gasteiger partial charge in [0.25, 0.3) is 0 Å². The van der Waals surface area contributed by atoms with Crippen LogP contribution in [0.15, 0.2) is 18.2 Å². The van der Waals surface area contributed by atoms with Crippen LogP contribution in [0.3, 0.4) is 0 Å². The van der Waals surface area contributed by atoms with Gasteiger partial charge >= 0.3 is 11.9 Å². The van der Waals surface area contributed by atoms with E-state index in [0.29, 0.717) is 41.6 Å². The van der Waals surface area contributed by atoms with Gasteiger partial charge in [0.15, 0.2) is 0 Å². The summed E-state index contributed by atoms with van der Waals surface area (Å²) in [6.45, 7) is 14.0. The van der Waals surface area contributed by atoms with Crippen LogP contribution in [0.1, 0.15) is 97.1 Å². The number of hydrogen-bond acceptors (Lipinski definition) is 3. The first-order chi connectivity index (χ1) is 13.3. The van der Waals surface area contributed by atoms with E-state index in [2.05, 4.69) is 27.7 Å². The van der Waals surface area contributed by atoms with Crippen molar-refractivity contribution in [2.45, 2.75) is 91.6 Å². The smallest absolute Gasteiger partial charge is 0.310 e. The number of ether oxygens (including phenoxy) is 1. The first-order valence-electron chi connectivity index (χ1n) is 10.6. The van der Waals surface area contributed by atoms with Crippen molar-refractivity contribution in [3.05, 3.63) is 29.3 Å². The van der Waals surface area contributed by atoms with Crippen LogP contribution >= 0.6 is 0 Å². The quantitative estimate of drug-likeness (QED) is 0.466. The zero-order valence-electron chi connectivity index (χ0n) is 19.0. The molecule has 0 aromatic heterocycles. The lowest BCUT2D eigenvalue weighted by molar-refractivity contribution is -0.140. The number of carbonyl (C=O) groups is 2. The molecule has 0 fully saturated rings. The summed E-state index contributed by atoms with van der Waals surface area (Å²) in [5, 5.41) is 19.8. The minimum absolute atomic E-state index is 0.366. The Morgan fingerprint density at radius 3 is 1.66 bits per heavy atom. The van der Waals surface area contributed by atoms with E-state index in [1.54, 1.807) is 18.2 Å². The Hall–Kier alpha value is -2.04. The molecule has 2 N–H and O–H groups in total. The summed E-state index contributed by atoms with van der Waals surface area (Å²) in [5.41, 5.74) is 0.728. The third-order valence-corrected chi connectivity index (χ3v) is 4.89. The second-order valence-electron chi connectivity index (χ2n) is 9.73. The van der Waals surface area contributed by atoms with Crippen molar-refractivity contribution < 1.29 is 24.5 Å². The minimum atomic E-state index is -0.923. The third kappa shape index (κ3) is 8.46. The van der Waals surface area contributed by atoms with Gasteiger partial charge in [-0.25, -0.2) is 0 Å². The van der Waals surface area contributed by atoms with Crippen LogP contribution in [-0.2, 0) is 9.59 Å². The van der Waals surface area contributed by atoms with Gasteiger partial charge in [-0.3, -0.25) is 9.59 Å². The minimum Gasteiger partial charge on any atom is -0.488 e. The molecule has 2 unspecified atom stereocenters. The second-order valence-corrected chi connectivity index (χ2v) is 9.73. The summed E-state index contributed by atoms with van der Waals surface area (Å²) in [6.07, 6.45) is 2.47. The fourth-order valence-electron chi connectivity index (χ4n) is 3.41. The lowest BCUT2D eigenvalue weighted by atomic mass is 9.81. The molecule has 5 nitrogen and oxygen atoms in total. The van der Waals surface area contributed by atoms with E-state index < -0.39 is 29.4 Å². The molecule has 29 heavy (non-hydrogen) atoms. The number of benzene rings is 1. The van der Waals surface area contributed by atoms with E-state index in [4.69, 9.17) is 4.74 Å². The summed E-state index contributed by atoms with van der Waals surface area (Å²) in [4.78, 5) is 24.2. The van der Waals surface area contributed by atoms with E-state index in [1.165, 1.54) is 0 Å². The molecule has 0 spiro atoms. The Balaban J connectivity index is 3.48. The Kier molecular flexibility index (Phi) is 9.18. The zero-order chi connectivity index (χ0) is 22.4. The number of hydrogen-bond donors (Lipinski definition) is 2. The molecular formula is C24H38O5. The molecule has 0 radical (unpaired) electrons. The first kappa shape index (κ1) is 25.0. The molecule has 1 rings (SSSR count). The van der Waals surface area contributed by atoms with Gasteiger partial charge in [-0.05, 0) is 81.5 Å². The molecule has 0 aliphatic rings. The predicted molar refractivity (Wildman–Crippen MR) is 116 cm³/mol. The number of rotatable bonds is 11. The van der Waals surface area contributed by atoms with Crippen molar-refractivity contribution in [3.8, 4) is 5.75 Å². The monoisotopic (exact) mass is 406 g/mol. The lowest BCUT2D eigenvalue weighted by Gasteiger charge is -2.26. The number of carboxylic acids is 2. The largest absolute Gasteiger partial charge is 0.488 e. The average Bonchev–Trinajstić information content (AvgIpc) is 2.54. The van der Waals surface area contributed by atoms with Crippen LogP contribution in [-0.4, -0.2) is 27.8 Å². The van der Waals surface area contributed by atoms with E-state index in [9.17, 15) is 19.8 Å². The van der Waals surface area contributed by atoms with Crippen molar-refractivity contribution in [2.75, 3.05) is 0 Å². The Morgan fingerprint density at radius 2 is 1.28 bits per heavy atom. The van der Waals surface area contributed by atoms with Gasteiger partial charge in [-0.2, -0.15) is 0 Å². The highest BCUT2D eigenvalue weighted by Crippen LogP contribution is 2.36. The normalized spacial score (nSPS) is 14.1. The van der Waals surface area contributed by atoms with Gasteiger partial charge in [0.2, 0.25) is 0 Å². The second kappa shape index (κ2) is 10.7. The fraction of sp³-hybridized carbons (Fsp3) is 0.667. The van der Waals surface area contributed by atoms with Crippen molar-refractivity contribution in [3.63, 3.8) is 0 Å². The van der Waals surface area contributed by atoms with Crippen LogP contribution in [0.2, 0.25) is 0 Å². The van der Waals surface area contributed by atoms with Crippen molar-refractivity contribution in [1.82, 2.24) is 0 Å². The van der Waals surface area contributed by atoms with Gasteiger partial charge in [0.05, 0.1) is 11.8 Å². The molecule has 2 atom stereocenters. The van der Waals surface area contributed by atoms with Gasteiger partial charge in [-0.1, -0.05) is 33.8 Å². The van der Waals surface area contributed by atoms with Crippen LogP contribution in [0, 0.1) is 11.8 Å². The van der Waals surface area contributed by atoms with Crippen LogP contribution < -0.4 is 4.74 Å². The van der Waals surface area contributed by atoms with E-state index in [-0.39, 0.29) is 0 Å². The third-order valence-electron chi connectivity index (χ3n) is 4.89. The Bertz CT molecular complexity index is 685. The molecule has 0 bridgehead atoms. The van der Waals surface area contributed by atoms with E-state index in [1.807, 2.05) is 20.8 Å². The van der Waals surface area contributed by atoms with Crippen LogP contribution in [0.4, 0.5) is 0 Å². The first-order valence-corrected chi connectivity index (χ1v) is 10.6. The van der Waals surface area contributed by atoms with Crippen LogP contribution in [0.5, 0.6) is 5.75 Å². The summed E-state index contributed by atoms with van der Waals surface area (Å²) in [5.74, 6) is -2.00. The number of carboxylic acid groups (broad SMARTS) is 2. The maximum Gasteiger partial charge on any atom is 0.310 e. The highest BCUT2D eigenvalue weighted by atomic mass is 16.5. The molecule has 164 valence electrons. The summed E-state index contributed by atoms with van der Waals surface area (Å²) in [6, 6.07) is 5.25. The van der Waals surface area contributed by atoms with Crippen molar-refractivity contribution in [2.24, 2.45) is 11.8 Å². The maximum absolute atomic E-state index is 12.1. The molecule has 0 amide bonds. The van der Waals surface area contributed by atoms with Gasteiger partial charge in [0.1, 0.15) is 11.4 Å². The van der Waals surface area contributed by atoms with Gasteiger partial charge < -0.3 is 14.9 Å². The molecule has 0 saturated heterocycles. The molecule has 1 aromatic carbocycles. The molecule has 5 heteroatoms. The predicted octanol–water partition coefficient (Wildman–Crippen LogP) is 6.07. The highest BCUT2D eigenvalue weighted by Gasteiger charge is 2.30. The Morgan fingerprint density at radius 1 is 0.828 bits per heavy atom. The fourth-order valence-corrected chi connectivity index (χ4v) is 3.41. The van der Waals surface area contributed by atoms with E-state index >= 15 is 0 Å². The Labute approximate surface area is 175 Å². The SMILES string of the molecule is CC(C)CCC(C(=O)O)c1ccc(OC(C)(C)C)cc1C(CCC(C)C)C(=O)O. The lowest BCUT2D eigenvalue weighted by Crippen LogP contribution is -2.24. The molecule has 0 heterocycles. The standard InChI is InChI=1S/C24H38O5/c1-15(2)8-11-19(22(25)26)18-13-10-17(29-24(5,6)7)14-21(18)20(23(27)28)12-9-16(3)4/h10,13-16,19-20H,8-9,11-12H2,1-7H3,(H,25,26)(H,27,28). The van der Waals surface area contributed by atoms with Crippen LogP contribution in [0.25, 0.3) is 0 Å². The van der Waals surface area contributed by atoms with Crippen molar-refractivity contribution in [1.29, 1.82) is 0 Å².